The number of sulfonamides is 1. The van der Waals surface area contributed by atoms with Gasteiger partial charge in [0, 0.05) is 28.7 Å². The van der Waals surface area contributed by atoms with Gasteiger partial charge in [-0.25, -0.2) is 13.4 Å². The fourth-order valence-electron chi connectivity index (χ4n) is 2.54. The van der Waals surface area contributed by atoms with Gasteiger partial charge in [-0.1, -0.05) is 15.9 Å². The first kappa shape index (κ1) is 17.6. The standard InChI is InChI=1S/C16H15BrN4O3S/c1-9-13-7-12(8-18-16(13)21(3)19-9)25(23,24)20-15-5-4-11(17)6-14(15)10(2)22/h4-8,20H,1-3H3. The molecule has 0 spiro atoms. The second-order valence-electron chi connectivity index (χ2n) is 5.60. The lowest BCUT2D eigenvalue weighted by Gasteiger charge is -2.11. The molecule has 25 heavy (non-hydrogen) atoms. The Morgan fingerprint density at radius 1 is 1.28 bits per heavy atom. The summed E-state index contributed by atoms with van der Waals surface area (Å²) in [6, 6.07) is 6.31. The number of carbonyl (C=O) groups is 1. The maximum Gasteiger partial charge on any atom is 0.263 e. The third-order valence-corrected chi connectivity index (χ3v) is 5.58. The van der Waals surface area contributed by atoms with Gasteiger partial charge in [-0.3, -0.25) is 14.2 Å². The predicted molar refractivity (Wildman–Crippen MR) is 98.2 cm³/mol. The molecule has 130 valence electrons. The predicted octanol–water partition coefficient (Wildman–Crippen LogP) is 3.04. The summed E-state index contributed by atoms with van der Waals surface area (Å²) >= 11 is 3.28. The number of nitrogens with one attached hydrogen (secondary N) is 1. The van der Waals surface area contributed by atoms with Crippen molar-refractivity contribution in [3.8, 4) is 0 Å². The lowest BCUT2D eigenvalue weighted by atomic mass is 10.1. The highest BCUT2D eigenvalue weighted by Gasteiger charge is 2.20. The topological polar surface area (TPSA) is 93.9 Å². The van der Waals surface area contributed by atoms with Crippen molar-refractivity contribution in [3.63, 3.8) is 0 Å². The first-order chi connectivity index (χ1) is 11.7. The molecule has 0 bridgehead atoms. The van der Waals surface area contributed by atoms with E-state index in [4.69, 9.17) is 0 Å². The Morgan fingerprint density at radius 3 is 2.68 bits per heavy atom. The fourth-order valence-corrected chi connectivity index (χ4v) is 3.95. The molecule has 3 aromatic rings. The zero-order valence-corrected chi connectivity index (χ0v) is 16.1. The first-order valence-corrected chi connectivity index (χ1v) is 9.59. The number of hydrogen-bond donors (Lipinski definition) is 1. The average molecular weight is 423 g/mol. The van der Waals surface area contributed by atoms with Gasteiger partial charge >= 0.3 is 0 Å². The van der Waals surface area contributed by atoms with Crippen molar-refractivity contribution in [1.29, 1.82) is 0 Å². The second-order valence-corrected chi connectivity index (χ2v) is 8.20. The van der Waals surface area contributed by atoms with E-state index in [1.807, 2.05) is 0 Å². The van der Waals surface area contributed by atoms with Crippen molar-refractivity contribution in [3.05, 3.63) is 46.2 Å². The number of aromatic nitrogens is 3. The highest BCUT2D eigenvalue weighted by atomic mass is 79.9. The molecule has 1 aromatic carbocycles. The van der Waals surface area contributed by atoms with E-state index in [0.717, 1.165) is 0 Å². The Kier molecular flexibility index (Phi) is 4.38. The maximum atomic E-state index is 12.7. The van der Waals surface area contributed by atoms with E-state index in [1.54, 1.807) is 36.9 Å². The molecule has 0 atom stereocenters. The summed E-state index contributed by atoms with van der Waals surface area (Å²) in [6.07, 6.45) is 1.28. The van der Waals surface area contributed by atoms with Crippen molar-refractivity contribution in [2.45, 2.75) is 18.7 Å². The molecule has 0 aliphatic heterocycles. The molecule has 0 aliphatic rings. The highest BCUT2D eigenvalue weighted by molar-refractivity contribution is 9.10. The van der Waals surface area contributed by atoms with Crippen LogP contribution in [0.5, 0.6) is 0 Å². The number of halogens is 1. The van der Waals surface area contributed by atoms with Crippen LogP contribution in [0, 0.1) is 6.92 Å². The molecule has 7 nitrogen and oxygen atoms in total. The van der Waals surface area contributed by atoms with Crippen LogP contribution in [0.15, 0.2) is 39.8 Å². The van der Waals surface area contributed by atoms with Crippen molar-refractivity contribution >= 4 is 48.5 Å². The lowest BCUT2D eigenvalue weighted by Crippen LogP contribution is -2.15. The largest absolute Gasteiger partial charge is 0.294 e. The second kappa shape index (κ2) is 6.23. The molecular weight excluding hydrogens is 408 g/mol. The number of benzene rings is 1. The van der Waals surface area contributed by atoms with Crippen molar-refractivity contribution in [2.75, 3.05) is 4.72 Å². The van der Waals surface area contributed by atoms with Crippen molar-refractivity contribution in [2.24, 2.45) is 7.05 Å². The Balaban J connectivity index is 2.06. The minimum atomic E-state index is -3.90. The van der Waals surface area contributed by atoms with E-state index >= 15 is 0 Å². The summed E-state index contributed by atoms with van der Waals surface area (Å²) in [6.45, 7) is 3.17. The molecule has 2 aromatic heterocycles. The van der Waals surface area contributed by atoms with Gasteiger partial charge in [0.1, 0.15) is 4.90 Å². The minimum Gasteiger partial charge on any atom is -0.294 e. The van der Waals surface area contributed by atoms with Crippen LogP contribution in [-0.2, 0) is 17.1 Å². The SMILES string of the molecule is CC(=O)c1cc(Br)ccc1NS(=O)(=O)c1cnc2c(c1)c(C)nn2C. The summed E-state index contributed by atoms with van der Waals surface area (Å²) in [7, 11) is -2.15. The summed E-state index contributed by atoms with van der Waals surface area (Å²) < 4.78 is 30.2. The molecule has 0 unspecified atom stereocenters. The molecule has 3 rings (SSSR count). The van der Waals surface area contributed by atoms with Crippen LogP contribution in [0.25, 0.3) is 11.0 Å². The van der Waals surface area contributed by atoms with Crippen LogP contribution >= 0.6 is 15.9 Å². The number of carbonyl (C=O) groups excluding carboxylic acids is 1. The van der Waals surface area contributed by atoms with Crippen LogP contribution < -0.4 is 4.72 Å². The molecular formula is C16H15BrN4O3S. The number of Topliss-reactive ketones (excluding diaryl/α,β-unsaturated/α-hetero) is 1. The summed E-state index contributed by atoms with van der Waals surface area (Å²) in [5, 5.41) is 4.89. The van der Waals surface area contributed by atoms with Crippen LogP contribution in [-0.4, -0.2) is 29.0 Å². The number of rotatable bonds is 4. The third kappa shape index (κ3) is 3.29. The van der Waals surface area contributed by atoms with E-state index in [0.29, 0.717) is 21.2 Å². The number of nitrogens with zero attached hydrogens (tertiary/aromatic N) is 3. The number of hydrogen-bond acceptors (Lipinski definition) is 5. The average Bonchev–Trinajstić information content (AvgIpc) is 2.83. The number of pyridine rings is 1. The van der Waals surface area contributed by atoms with E-state index in [2.05, 4.69) is 30.7 Å². The molecule has 2 heterocycles. The van der Waals surface area contributed by atoms with Crippen LogP contribution in [0.3, 0.4) is 0 Å². The zero-order chi connectivity index (χ0) is 18.4. The van der Waals surface area contributed by atoms with Crippen LogP contribution in [0.4, 0.5) is 5.69 Å². The van der Waals surface area contributed by atoms with Crippen molar-refractivity contribution < 1.29 is 13.2 Å². The van der Waals surface area contributed by atoms with E-state index < -0.39 is 10.0 Å². The molecule has 0 fully saturated rings. The maximum absolute atomic E-state index is 12.7. The van der Waals surface area contributed by atoms with Gasteiger partial charge in [-0.15, -0.1) is 0 Å². The molecule has 0 saturated heterocycles. The van der Waals surface area contributed by atoms with Crippen molar-refractivity contribution in [1.82, 2.24) is 14.8 Å². The quantitative estimate of drug-likeness (QED) is 0.651. The van der Waals surface area contributed by atoms with E-state index in [1.165, 1.54) is 19.2 Å². The van der Waals surface area contributed by atoms with Gasteiger partial charge < -0.3 is 0 Å². The van der Waals surface area contributed by atoms with Crippen LogP contribution in [0.2, 0.25) is 0 Å². The van der Waals surface area contributed by atoms with Gasteiger partial charge in [-0.2, -0.15) is 5.10 Å². The molecule has 0 saturated carbocycles. The highest BCUT2D eigenvalue weighted by Crippen LogP contribution is 2.25. The third-order valence-electron chi connectivity index (χ3n) is 3.75. The van der Waals surface area contributed by atoms with Gasteiger partial charge in [-0.05, 0) is 38.1 Å². The molecule has 9 heteroatoms. The number of fused-ring (bicyclic) bond motifs is 1. The number of aryl methyl sites for hydroxylation is 2. The Bertz CT molecular complexity index is 1110. The van der Waals surface area contributed by atoms with Crippen LogP contribution in [0.1, 0.15) is 23.0 Å². The van der Waals surface area contributed by atoms with Gasteiger partial charge in [0.15, 0.2) is 11.4 Å². The molecule has 0 amide bonds. The number of ketones is 1. The minimum absolute atomic E-state index is 0.00789. The van der Waals surface area contributed by atoms with E-state index in [9.17, 15) is 13.2 Å². The lowest BCUT2D eigenvalue weighted by molar-refractivity contribution is 0.101. The number of anilines is 1. The van der Waals surface area contributed by atoms with Gasteiger partial charge in [0.2, 0.25) is 0 Å². The summed E-state index contributed by atoms with van der Waals surface area (Å²) in [5.41, 5.74) is 1.79. The summed E-state index contributed by atoms with van der Waals surface area (Å²) in [4.78, 5) is 16.0. The molecule has 0 radical (unpaired) electrons. The zero-order valence-electron chi connectivity index (χ0n) is 13.7. The first-order valence-electron chi connectivity index (χ1n) is 7.31. The summed E-state index contributed by atoms with van der Waals surface area (Å²) in [5.74, 6) is -0.240. The monoisotopic (exact) mass is 422 g/mol. The Hall–Kier alpha value is -2.26. The fraction of sp³-hybridized carbons (Fsp3) is 0.188. The molecule has 1 N–H and O–H groups in total. The smallest absolute Gasteiger partial charge is 0.263 e. The Morgan fingerprint density at radius 2 is 2.00 bits per heavy atom. The Labute approximate surface area is 153 Å². The normalized spacial score (nSPS) is 11.7. The molecule has 0 aliphatic carbocycles. The van der Waals surface area contributed by atoms with E-state index in [-0.39, 0.29) is 21.9 Å². The van der Waals surface area contributed by atoms with Gasteiger partial charge in [0.25, 0.3) is 10.0 Å². The van der Waals surface area contributed by atoms with Gasteiger partial charge in [0.05, 0.1) is 11.4 Å².